The van der Waals surface area contributed by atoms with E-state index in [4.69, 9.17) is 0 Å². The van der Waals surface area contributed by atoms with E-state index in [0.717, 1.165) is 0 Å². The largest absolute Gasteiger partial charge is 1.00 e. The second-order valence-corrected chi connectivity index (χ2v) is 6.33. The Morgan fingerprint density at radius 1 is 1.12 bits per heavy atom. The Bertz CT molecular complexity index is 356. The molecule has 0 aromatic carbocycles. The molecule has 3 rings (SSSR count). The topological polar surface area (TPSA) is 6.02 Å². The molecule has 2 aliphatic heterocycles. The molecular formula is C14H23IN2. The van der Waals surface area contributed by atoms with Gasteiger partial charge in [0, 0.05) is 44.1 Å². The normalized spacial score (nSPS) is 26.7. The standard InChI is InChI=1S/C14H23N2.HI/c1-14(2)10-12(15-5-3-4-6-15)9-13(11-14)16-7-8-16;/h9H,3-8,10-11H2,1-2H3;1H/q+1;/p-1. The lowest BCUT2D eigenvalue weighted by atomic mass is 9.78. The van der Waals surface area contributed by atoms with Crippen LogP contribution in [0, 0.1) is 5.41 Å². The van der Waals surface area contributed by atoms with Crippen molar-refractivity contribution in [3.8, 4) is 0 Å². The summed E-state index contributed by atoms with van der Waals surface area (Å²) >= 11 is 0. The lowest BCUT2D eigenvalue weighted by Crippen LogP contribution is -3.00. The van der Waals surface area contributed by atoms with Crippen LogP contribution in [-0.4, -0.2) is 41.4 Å². The van der Waals surface area contributed by atoms with Gasteiger partial charge in [-0.15, -0.1) is 0 Å². The van der Waals surface area contributed by atoms with E-state index in [1.165, 1.54) is 51.9 Å². The highest BCUT2D eigenvalue weighted by atomic mass is 127. The van der Waals surface area contributed by atoms with E-state index in [2.05, 4.69) is 29.4 Å². The van der Waals surface area contributed by atoms with Crippen molar-refractivity contribution in [2.45, 2.75) is 39.5 Å². The second-order valence-electron chi connectivity index (χ2n) is 6.33. The Labute approximate surface area is 122 Å². The van der Waals surface area contributed by atoms with Gasteiger partial charge in [-0.25, -0.2) is 4.58 Å². The molecule has 0 saturated carbocycles. The van der Waals surface area contributed by atoms with Gasteiger partial charge in [0.25, 0.3) is 0 Å². The van der Waals surface area contributed by atoms with Crippen molar-refractivity contribution in [1.82, 2.24) is 4.90 Å². The molecule has 0 unspecified atom stereocenters. The first kappa shape index (κ1) is 13.4. The molecule has 0 spiro atoms. The summed E-state index contributed by atoms with van der Waals surface area (Å²) in [6.45, 7) is 9.98. The van der Waals surface area contributed by atoms with E-state index in [0.29, 0.717) is 5.41 Å². The molecule has 3 heteroatoms. The summed E-state index contributed by atoms with van der Waals surface area (Å²) in [5.74, 6) is 0. The fourth-order valence-electron chi connectivity index (χ4n) is 3.09. The molecule has 1 aliphatic carbocycles. The van der Waals surface area contributed by atoms with Gasteiger partial charge in [-0.1, -0.05) is 13.8 Å². The SMILES string of the molecule is CC1(C)CC(N2CC2)=CC(=[N+]2CCCC2)C1.[I-]. The van der Waals surface area contributed by atoms with Crippen molar-refractivity contribution in [2.75, 3.05) is 26.2 Å². The summed E-state index contributed by atoms with van der Waals surface area (Å²) in [5.41, 5.74) is 3.67. The smallest absolute Gasteiger partial charge is 0.178 e. The lowest BCUT2D eigenvalue weighted by Gasteiger charge is -2.30. The van der Waals surface area contributed by atoms with E-state index in [-0.39, 0.29) is 24.0 Å². The Morgan fingerprint density at radius 3 is 2.35 bits per heavy atom. The van der Waals surface area contributed by atoms with Crippen LogP contribution in [0.25, 0.3) is 0 Å². The highest BCUT2D eigenvalue weighted by molar-refractivity contribution is 5.93. The summed E-state index contributed by atoms with van der Waals surface area (Å²) in [6, 6.07) is 0. The zero-order valence-electron chi connectivity index (χ0n) is 11.0. The first-order valence-corrected chi connectivity index (χ1v) is 6.70. The van der Waals surface area contributed by atoms with Crippen LogP contribution in [-0.2, 0) is 0 Å². The fraction of sp³-hybridized carbons (Fsp3) is 0.786. The van der Waals surface area contributed by atoms with Crippen molar-refractivity contribution in [1.29, 1.82) is 0 Å². The highest BCUT2D eigenvalue weighted by Crippen LogP contribution is 2.37. The van der Waals surface area contributed by atoms with Crippen LogP contribution in [0.4, 0.5) is 0 Å². The van der Waals surface area contributed by atoms with Crippen LogP contribution in [0.15, 0.2) is 11.8 Å². The van der Waals surface area contributed by atoms with Crippen molar-refractivity contribution in [3.05, 3.63) is 11.8 Å². The average molecular weight is 346 g/mol. The van der Waals surface area contributed by atoms with E-state index < -0.39 is 0 Å². The molecular weight excluding hydrogens is 323 g/mol. The third kappa shape index (κ3) is 3.04. The van der Waals surface area contributed by atoms with E-state index in [9.17, 15) is 0 Å². The monoisotopic (exact) mass is 346 g/mol. The van der Waals surface area contributed by atoms with Gasteiger partial charge in [0.15, 0.2) is 5.71 Å². The van der Waals surface area contributed by atoms with E-state index in [1.54, 1.807) is 11.4 Å². The number of hydrogen-bond donors (Lipinski definition) is 0. The average Bonchev–Trinajstić information content (AvgIpc) is 2.91. The number of allylic oxidation sites excluding steroid dienone is 2. The quantitative estimate of drug-likeness (QED) is 0.344. The lowest BCUT2D eigenvalue weighted by molar-refractivity contribution is -0.507. The molecule has 0 bridgehead atoms. The minimum absolute atomic E-state index is 0. The molecule has 2 fully saturated rings. The van der Waals surface area contributed by atoms with Gasteiger partial charge in [0.2, 0.25) is 0 Å². The van der Waals surface area contributed by atoms with Gasteiger partial charge in [0.05, 0.1) is 0 Å². The van der Waals surface area contributed by atoms with Crippen LogP contribution >= 0.6 is 0 Å². The van der Waals surface area contributed by atoms with Crippen molar-refractivity contribution < 1.29 is 28.6 Å². The summed E-state index contributed by atoms with van der Waals surface area (Å²) in [4.78, 5) is 2.52. The Morgan fingerprint density at radius 2 is 1.76 bits per heavy atom. The Hall–Kier alpha value is -0.0600. The van der Waals surface area contributed by atoms with E-state index in [1.807, 2.05) is 0 Å². The van der Waals surface area contributed by atoms with Crippen LogP contribution in [0.1, 0.15) is 39.5 Å². The maximum Gasteiger partial charge on any atom is 0.178 e. The van der Waals surface area contributed by atoms with Crippen molar-refractivity contribution in [2.24, 2.45) is 5.41 Å². The number of nitrogens with zero attached hydrogens (tertiary/aromatic N) is 2. The van der Waals surface area contributed by atoms with Gasteiger partial charge in [-0.2, -0.15) is 0 Å². The molecule has 17 heavy (non-hydrogen) atoms. The summed E-state index contributed by atoms with van der Waals surface area (Å²) < 4.78 is 2.62. The predicted molar refractivity (Wildman–Crippen MR) is 66.9 cm³/mol. The minimum Gasteiger partial charge on any atom is -1.00 e. The molecule has 96 valence electrons. The first-order valence-electron chi connectivity index (χ1n) is 6.70. The molecule has 0 amide bonds. The number of hydrogen-bond acceptors (Lipinski definition) is 1. The molecule has 2 nitrogen and oxygen atoms in total. The molecule has 2 heterocycles. The first-order chi connectivity index (χ1) is 7.64. The maximum atomic E-state index is 2.62. The maximum absolute atomic E-state index is 2.62. The molecule has 0 aromatic heterocycles. The molecule has 3 aliphatic rings. The van der Waals surface area contributed by atoms with Gasteiger partial charge in [-0.3, -0.25) is 0 Å². The third-order valence-corrected chi connectivity index (χ3v) is 4.02. The van der Waals surface area contributed by atoms with Crippen LogP contribution in [0.2, 0.25) is 0 Å². The van der Waals surface area contributed by atoms with Crippen LogP contribution in [0.5, 0.6) is 0 Å². The predicted octanol–water partition coefficient (Wildman–Crippen LogP) is -0.743. The molecule has 0 atom stereocenters. The van der Waals surface area contributed by atoms with Crippen molar-refractivity contribution in [3.63, 3.8) is 0 Å². The molecule has 0 aromatic rings. The van der Waals surface area contributed by atoms with Crippen LogP contribution < -0.4 is 24.0 Å². The van der Waals surface area contributed by atoms with Gasteiger partial charge in [0.1, 0.15) is 13.1 Å². The zero-order chi connectivity index (χ0) is 11.2. The Kier molecular flexibility index (Phi) is 3.86. The highest BCUT2D eigenvalue weighted by Gasteiger charge is 2.35. The van der Waals surface area contributed by atoms with Gasteiger partial charge >= 0.3 is 0 Å². The molecule has 2 saturated heterocycles. The van der Waals surface area contributed by atoms with Gasteiger partial charge < -0.3 is 28.9 Å². The Balaban J connectivity index is 0.00000108. The molecule has 0 N–H and O–H groups in total. The van der Waals surface area contributed by atoms with Crippen molar-refractivity contribution >= 4 is 5.71 Å². The fourth-order valence-corrected chi connectivity index (χ4v) is 3.09. The summed E-state index contributed by atoms with van der Waals surface area (Å²) in [7, 11) is 0. The zero-order valence-corrected chi connectivity index (χ0v) is 13.2. The number of rotatable bonds is 1. The second kappa shape index (κ2) is 4.90. The minimum atomic E-state index is 0. The molecule has 0 radical (unpaired) electrons. The third-order valence-electron chi connectivity index (χ3n) is 4.02. The van der Waals surface area contributed by atoms with Crippen LogP contribution in [0.3, 0.4) is 0 Å². The van der Waals surface area contributed by atoms with E-state index >= 15 is 0 Å². The summed E-state index contributed by atoms with van der Waals surface area (Å²) in [6.07, 6.45) is 7.80. The summed E-state index contributed by atoms with van der Waals surface area (Å²) in [5, 5.41) is 0. The number of halogens is 1. The van der Waals surface area contributed by atoms with Gasteiger partial charge in [-0.05, 0) is 11.8 Å².